The number of nitrogens with zero attached hydrogens (tertiary/aromatic N) is 4. The molecule has 0 fully saturated rings. The van der Waals surface area contributed by atoms with E-state index in [1.165, 1.54) is 42.9 Å². The lowest BCUT2D eigenvalue weighted by atomic mass is 10.0. The van der Waals surface area contributed by atoms with Crippen molar-refractivity contribution in [2.45, 2.75) is 9.79 Å². The topological polar surface area (TPSA) is 34.0 Å². The minimum absolute atomic E-state index is 0.937. The average molecular weight is 777 g/mol. The Hall–Kier alpha value is -6.99. The predicted octanol–water partition coefficient (Wildman–Crippen LogP) is 14.9. The molecular weight excluding hydrogens is 745 g/mol. The van der Waals surface area contributed by atoms with E-state index in [-0.39, 0.29) is 0 Å². The number of rotatable bonds is 5. The van der Waals surface area contributed by atoms with Gasteiger partial charge in [0.05, 0.1) is 43.2 Å². The third-order valence-corrected chi connectivity index (χ3v) is 13.4. The third-order valence-electron chi connectivity index (χ3n) is 11.2. The number of hydrogen-bond donors (Lipinski definition) is 0. The zero-order valence-electron chi connectivity index (χ0n) is 31.1. The zero-order chi connectivity index (χ0) is 38.2. The maximum atomic E-state index is 5.34. The number of anilines is 3. The molecule has 0 unspecified atom stereocenters. The molecule has 0 spiro atoms. The fraction of sp³-hybridized carbons (Fsp3) is 0. The first-order valence-electron chi connectivity index (χ1n) is 19.4. The molecule has 0 N–H and O–H groups in total. The molecular formula is C52H32N4S2. The summed E-state index contributed by atoms with van der Waals surface area (Å²) in [5.41, 5.74) is 15.3. The highest BCUT2D eigenvalue weighted by atomic mass is 32.2. The summed E-state index contributed by atoms with van der Waals surface area (Å²) in [4.78, 5) is 15.5. The van der Waals surface area contributed by atoms with Crippen LogP contribution >= 0.6 is 23.1 Å². The summed E-state index contributed by atoms with van der Waals surface area (Å²) in [6.07, 6.45) is 0. The highest BCUT2D eigenvalue weighted by Crippen LogP contribution is 2.52. The van der Waals surface area contributed by atoms with Crippen LogP contribution in [0.5, 0.6) is 0 Å². The normalized spacial score (nSPS) is 12.4. The molecule has 272 valence electrons. The van der Waals surface area contributed by atoms with Gasteiger partial charge in [-0.25, -0.2) is 9.97 Å². The first-order chi connectivity index (χ1) is 28.7. The molecule has 0 bridgehead atoms. The number of benzene rings is 7. The molecule has 0 radical (unpaired) electrons. The van der Waals surface area contributed by atoms with E-state index in [0.29, 0.717) is 0 Å². The van der Waals surface area contributed by atoms with Crippen molar-refractivity contribution in [3.8, 4) is 39.3 Å². The number of thiophene rings is 1. The van der Waals surface area contributed by atoms with Gasteiger partial charge in [0.25, 0.3) is 0 Å². The van der Waals surface area contributed by atoms with Crippen LogP contribution in [-0.4, -0.2) is 14.5 Å². The number of aromatic nitrogens is 3. The van der Waals surface area contributed by atoms with Crippen molar-refractivity contribution in [2.24, 2.45) is 0 Å². The van der Waals surface area contributed by atoms with E-state index < -0.39 is 0 Å². The summed E-state index contributed by atoms with van der Waals surface area (Å²) < 4.78 is 4.62. The third kappa shape index (κ3) is 5.37. The molecule has 0 aliphatic carbocycles. The number of fused-ring (bicyclic) bond motifs is 8. The smallest absolute Gasteiger partial charge is 0.108 e. The van der Waals surface area contributed by atoms with Gasteiger partial charge < -0.3 is 9.47 Å². The molecule has 11 aromatic rings. The Morgan fingerprint density at radius 1 is 0.379 bits per heavy atom. The monoisotopic (exact) mass is 776 g/mol. The highest BCUT2D eigenvalue weighted by Gasteiger charge is 2.26. The van der Waals surface area contributed by atoms with Crippen LogP contribution in [0.25, 0.3) is 81.6 Å². The van der Waals surface area contributed by atoms with E-state index in [1.807, 2.05) is 11.8 Å². The van der Waals surface area contributed by atoms with E-state index in [1.54, 1.807) is 11.3 Å². The average Bonchev–Trinajstić information content (AvgIpc) is 3.83. The van der Waals surface area contributed by atoms with Crippen LogP contribution in [0.2, 0.25) is 0 Å². The molecule has 12 rings (SSSR count). The van der Waals surface area contributed by atoms with Gasteiger partial charge in [-0.05, 0) is 96.1 Å². The van der Waals surface area contributed by atoms with E-state index in [0.717, 1.165) is 65.5 Å². The lowest BCUT2D eigenvalue weighted by Crippen LogP contribution is -2.14. The first-order valence-corrected chi connectivity index (χ1v) is 21.0. The predicted molar refractivity (Wildman–Crippen MR) is 244 cm³/mol. The number of hydrogen-bond acceptors (Lipinski definition) is 5. The van der Waals surface area contributed by atoms with E-state index in [9.17, 15) is 0 Å². The van der Waals surface area contributed by atoms with Gasteiger partial charge >= 0.3 is 0 Å². The van der Waals surface area contributed by atoms with Crippen molar-refractivity contribution in [1.82, 2.24) is 14.5 Å². The van der Waals surface area contributed by atoms with Gasteiger partial charge in [-0.2, -0.15) is 0 Å². The SMILES string of the molecule is c1ccc(-c2cccc(N3c4ccccc4Sc4cc(-c5ccc6sc7ccc(-c8ccc9c%10ccccc%10n(-c%10ccccc%10)c9c8)nc7c6n5)ccc43)c2)cc1. The molecule has 4 aromatic heterocycles. The molecule has 0 saturated heterocycles. The van der Waals surface area contributed by atoms with E-state index in [2.05, 4.69) is 204 Å². The van der Waals surface area contributed by atoms with Gasteiger partial charge in [-0.15, -0.1) is 11.3 Å². The second-order valence-electron chi connectivity index (χ2n) is 14.6. The molecule has 5 heterocycles. The van der Waals surface area contributed by atoms with Crippen molar-refractivity contribution < 1.29 is 0 Å². The molecule has 0 saturated carbocycles. The van der Waals surface area contributed by atoms with Crippen molar-refractivity contribution in [1.29, 1.82) is 0 Å². The van der Waals surface area contributed by atoms with Gasteiger partial charge in [-0.1, -0.05) is 121 Å². The largest absolute Gasteiger partial charge is 0.309 e. The van der Waals surface area contributed by atoms with Crippen LogP contribution in [0, 0.1) is 0 Å². The van der Waals surface area contributed by atoms with Crippen molar-refractivity contribution >= 4 is 82.4 Å². The Balaban J connectivity index is 0.945. The van der Waals surface area contributed by atoms with Crippen LogP contribution in [-0.2, 0) is 0 Å². The van der Waals surface area contributed by atoms with E-state index >= 15 is 0 Å². The number of pyridine rings is 2. The molecule has 1 aliphatic rings. The Morgan fingerprint density at radius 3 is 1.81 bits per heavy atom. The van der Waals surface area contributed by atoms with Gasteiger partial charge in [0.15, 0.2) is 0 Å². The zero-order valence-corrected chi connectivity index (χ0v) is 32.7. The summed E-state index contributed by atoms with van der Waals surface area (Å²) in [6.45, 7) is 0. The van der Waals surface area contributed by atoms with Gasteiger partial charge in [0.1, 0.15) is 11.0 Å². The first kappa shape index (κ1) is 33.2. The maximum Gasteiger partial charge on any atom is 0.108 e. The molecule has 7 aromatic carbocycles. The van der Waals surface area contributed by atoms with Gasteiger partial charge in [0, 0.05) is 43.1 Å². The summed E-state index contributed by atoms with van der Waals surface area (Å²) in [5, 5.41) is 2.47. The molecule has 58 heavy (non-hydrogen) atoms. The summed E-state index contributed by atoms with van der Waals surface area (Å²) in [5.74, 6) is 0. The molecule has 0 atom stereocenters. The minimum atomic E-state index is 0.937. The number of para-hydroxylation sites is 3. The van der Waals surface area contributed by atoms with E-state index in [4.69, 9.17) is 9.97 Å². The second kappa shape index (κ2) is 13.3. The molecule has 0 amide bonds. The fourth-order valence-electron chi connectivity index (χ4n) is 8.47. The molecule has 6 heteroatoms. The molecule has 1 aliphatic heterocycles. The van der Waals surface area contributed by atoms with Crippen LogP contribution in [0.1, 0.15) is 0 Å². The highest BCUT2D eigenvalue weighted by molar-refractivity contribution is 7.99. The van der Waals surface area contributed by atoms with Crippen LogP contribution < -0.4 is 4.90 Å². The fourth-order valence-corrected chi connectivity index (χ4v) is 10.6. The Kier molecular flexibility index (Phi) is 7.61. The van der Waals surface area contributed by atoms with Crippen LogP contribution in [0.15, 0.2) is 204 Å². The Bertz CT molecular complexity index is 3390. The Labute approximate surface area is 343 Å². The lowest BCUT2D eigenvalue weighted by Gasteiger charge is -2.33. The summed E-state index contributed by atoms with van der Waals surface area (Å²) in [6, 6.07) is 69.6. The second-order valence-corrected chi connectivity index (χ2v) is 16.8. The maximum absolute atomic E-state index is 5.34. The van der Waals surface area contributed by atoms with Crippen molar-refractivity contribution in [3.05, 3.63) is 194 Å². The molecule has 4 nitrogen and oxygen atoms in total. The van der Waals surface area contributed by atoms with Gasteiger partial charge in [0.2, 0.25) is 0 Å². The van der Waals surface area contributed by atoms with Crippen LogP contribution in [0.3, 0.4) is 0 Å². The van der Waals surface area contributed by atoms with Crippen molar-refractivity contribution in [2.75, 3.05) is 4.90 Å². The quantitative estimate of drug-likeness (QED) is 0.174. The Morgan fingerprint density at radius 2 is 1.00 bits per heavy atom. The van der Waals surface area contributed by atoms with Gasteiger partial charge in [-0.3, -0.25) is 0 Å². The standard InChI is InChI=1S/C52H32N4S2/c1-3-12-33(13-4-1)34-14-11-17-38(30-34)56-44-20-9-10-21-47(44)57-50-32-36(23-27-45(50)56)42-26-29-49-52(54-42)51-48(58-49)28-25-41(53-51)35-22-24-40-39-18-7-8-19-43(39)55(46(40)31-35)37-15-5-2-6-16-37/h1-32H. The van der Waals surface area contributed by atoms with Crippen molar-refractivity contribution in [3.63, 3.8) is 0 Å². The summed E-state index contributed by atoms with van der Waals surface area (Å²) >= 11 is 3.56. The minimum Gasteiger partial charge on any atom is -0.309 e. The summed E-state index contributed by atoms with van der Waals surface area (Å²) in [7, 11) is 0. The van der Waals surface area contributed by atoms with Crippen LogP contribution in [0.4, 0.5) is 17.1 Å². The lowest BCUT2D eigenvalue weighted by molar-refractivity contribution is 1.16.